The molecule has 2 aliphatic heterocycles. The summed E-state index contributed by atoms with van der Waals surface area (Å²) in [6, 6.07) is 15.6. The van der Waals surface area contributed by atoms with Crippen LogP contribution in [0.1, 0.15) is 121 Å². The number of aliphatic hydroxyl groups excluding tert-OH is 2. The van der Waals surface area contributed by atoms with Gasteiger partial charge in [-0.05, 0) is 124 Å². The molecule has 384 valence electrons. The van der Waals surface area contributed by atoms with Gasteiger partial charge in [-0.1, -0.05) is 61.9 Å². The highest BCUT2D eigenvalue weighted by Crippen LogP contribution is 2.62. The van der Waals surface area contributed by atoms with Gasteiger partial charge in [0.15, 0.2) is 11.5 Å². The Morgan fingerprint density at radius 3 is 2.38 bits per heavy atom. The number of amides is 2. The van der Waals surface area contributed by atoms with Crippen molar-refractivity contribution in [2.24, 2.45) is 28.8 Å². The number of ether oxygens (including phenoxy) is 7. The number of benzene rings is 3. The number of fused-ring (bicyclic) bond motifs is 3. The lowest BCUT2D eigenvalue weighted by Crippen LogP contribution is -2.70. The molecule has 6 atom stereocenters. The Hall–Kier alpha value is -5.77. The quantitative estimate of drug-likeness (QED) is 0.0494. The molecule has 0 saturated heterocycles. The number of oxime groups is 1. The van der Waals surface area contributed by atoms with E-state index in [4.69, 9.17) is 43.2 Å². The van der Waals surface area contributed by atoms with Crippen LogP contribution in [0.25, 0.3) is 0 Å². The van der Waals surface area contributed by atoms with Gasteiger partial charge in [0.25, 0.3) is 0 Å². The van der Waals surface area contributed by atoms with Crippen molar-refractivity contribution in [2.75, 3.05) is 46.1 Å². The van der Waals surface area contributed by atoms with Crippen LogP contribution in [-0.4, -0.2) is 91.1 Å². The van der Waals surface area contributed by atoms with E-state index < -0.39 is 29.4 Å². The van der Waals surface area contributed by atoms with Gasteiger partial charge in [-0.2, -0.15) is 0 Å². The Morgan fingerprint density at radius 2 is 1.65 bits per heavy atom. The fraction of sp³-hybridized carbons (Fsp3) is 0.554. The largest absolute Gasteiger partial charge is 0.497 e. The number of nitrogens with one attached hydrogen (secondary N) is 1. The van der Waals surface area contributed by atoms with Gasteiger partial charge >= 0.3 is 6.09 Å². The summed E-state index contributed by atoms with van der Waals surface area (Å²) < 4.78 is 43.3. The van der Waals surface area contributed by atoms with Crippen molar-refractivity contribution in [2.45, 2.75) is 134 Å². The molecule has 71 heavy (non-hydrogen) atoms. The Labute approximate surface area is 418 Å². The number of hydrogen-bond donors (Lipinski definition) is 3. The Bertz CT molecular complexity index is 2410. The van der Waals surface area contributed by atoms with Crippen molar-refractivity contribution < 1.29 is 57.8 Å². The monoisotopic (exact) mass is 980 g/mol. The molecule has 15 heteroatoms. The summed E-state index contributed by atoms with van der Waals surface area (Å²) in [5.74, 6) is 1.14. The molecule has 5 aliphatic rings. The van der Waals surface area contributed by atoms with E-state index in [-0.39, 0.29) is 63.2 Å². The standard InChI is InChI=1S/C56H73N3O12/c1-7-28-68-56-50(59(51(62)25-19-36-14-8-9-15-36)34-37-18-23-47-49(29-37)67-35-66-47)33-45(58-71-55(2,3)4)42-30-38(16-10-12-26-60)41(17-11-13-27-61)52(53(42)56)43-31-40(21-24-46(43)70-56)69-54(63)57-44-22-20-39(64-5)32-48(44)65-6/h7,18,20-24,29-32,36,38,41,50,52-53,60-61H,1,8-17,19,25-28,33-35H2,2-6H3,(H,57,63). The molecule has 2 heterocycles. The first-order valence-electron chi connectivity index (χ1n) is 25.5. The van der Waals surface area contributed by atoms with Crippen LogP contribution in [0.5, 0.6) is 34.5 Å². The summed E-state index contributed by atoms with van der Waals surface area (Å²) in [5, 5.41) is 28.0. The number of allylic oxidation sites excluding steroid dienone is 1. The third-order valence-electron chi connectivity index (χ3n) is 14.7. The average Bonchev–Trinajstić information content (AvgIpc) is 4.07. The van der Waals surface area contributed by atoms with Crippen LogP contribution in [0.4, 0.5) is 10.5 Å². The van der Waals surface area contributed by atoms with Crippen LogP contribution in [-0.2, 0) is 20.9 Å². The van der Waals surface area contributed by atoms with Gasteiger partial charge in [0.05, 0.1) is 38.1 Å². The highest BCUT2D eigenvalue weighted by atomic mass is 16.7. The van der Waals surface area contributed by atoms with Crippen LogP contribution in [0.15, 0.2) is 84.1 Å². The maximum absolute atomic E-state index is 15.4. The van der Waals surface area contributed by atoms with Gasteiger partial charge in [-0.15, -0.1) is 6.58 Å². The minimum absolute atomic E-state index is 0.00382. The maximum atomic E-state index is 15.4. The van der Waals surface area contributed by atoms with Gasteiger partial charge in [0, 0.05) is 50.1 Å². The molecule has 2 saturated carbocycles. The fourth-order valence-corrected chi connectivity index (χ4v) is 11.4. The summed E-state index contributed by atoms with van der Waals surface area (Å²) >= 11 is 0. The predicted molar refractivity (Wildman–Crippen MR) is 269 cm³/mol. The third-order valence-corrected chi connectivity index (χ3v) is 14.7. The lowest BCUT2D eigenvalue weighted by atomic mass is 9.55. The van der Waals surface area contributed by atoms with Crippen LogP contribution >= 0.6 is 0 Å². The van der Waals surface area contributed by atoms with Gasteiger partial charge in [0.1, 0.15) is 34.6 Å². The van der Waals surface area contributed by atoms with E-state index in [1.807, 2.05) is 56.0 Å². The zero-order chi connectivity index (χ0) is 50.1. The first kappa shape index (κ1) is 51.6. The second-order valence-electron chi connectivity index (χ2n) is 20.5. The number of methoxy groups -OCH3 is 2. The number of rotatable bonds is 22. The number of carbonyl (C=O) groups excluding carboxylic acids is 2. The van der Waals surface area contributed by atoms with E-state index >= 15 is 4.79 Å². The summed E-state index contributed by atoms with van der Waals surface area (Å²) in [6.07, 6.45) is 13.6. The normalized spacial score (nSPS) is 23.7. The van der Waals surface area contributed by atoms with E-state index in [1.165, 1.54) is 20.0 Å². The van der Waals surface area contributed by atoms with Crippen LogP contribution in [0, 0.1) is 23.7 Å². The molecule has 0 bridgehead atoms. The fourth-order valence-electron chi connectivity index (χ4n) is 11.4. The van der Waals surface area contributed by atoms with Gasteiger partial charge in [-0.25, -0.2) is 4.79 Å². The Kier molecular flexibility index (Phi) is 16.8. The van der Waals surface area contributed by atoms with E-state index in [0.29, 0.717) is 71.1 Å². The number of unbranched alkanes of at least 4 members (excludes halogenated alkanes) is 2. The predicted octanol–water partition coefficient (Wildman–Crippen LogP) is 10.5. The van der Waals surface area contributed by atoms with Crippen LogP contribution in [0.2, 0.25) is 0 Å². The summed E-state index contributed by atoms with van der Waals surface area (Å²) in [5.41, 5.74) is 3.06. The van der Waals surface area contributed by atoms with Crippen LogP contribution in [0.3, 0.4) is 0 Å². The van der Waals surface area contributed by atoms with Crippen molar-refractivity contribution >= 4 is 23.4 Å². The number of aliphatic hydroxyl groups is 2. The lowest BCUT2D eigenvalue weighted by molar-refractivity contribution is -0.258. The lowest BCUT2D eigenvalue weighted by Gasteiger charge is -2.60. The average molecular weight is 980 g/mol. The molecule has 15 nitrogen and oxygen atoms in total. The molecule has 8 rings (SSSR count). The first-order chi connectivity index (χ1) is 34.4. The van der Waals surface area contributed by atoms with Crippen molar-refractivity contribution in [1.82, 2.24) is 4.90 Å². The van der Waals surface area contributed by atoms with Crippen molar-refractivity contribution in [3.63, 3.8) is 0 Å². The van der Waals surface area contributed by atoms with E-state index in [0.717, 1.165) is 61.6 Å². The molecular weight excluding hydrogens is 907 g/mol. The Balaban J connectivity index is 1.29. The van der Waals surface area contributed by atoms with Crippen molar-refractivity contribution in [3.8, 4) is 34.5 Å². The maximum Gasteiger partial charge on any atom is 0.417 e. The zero-order valence-corrected chi connectivity index (χ0v) is 42.1. The van der Waals surface area contributed by atoms with Gasteiger partial charge < -0.3 is 53.1 Å². The number of carbonyl (C=O) groups is 2. The zero-order valence-electron chi connectivity index (χ0n) is 42.1. The summed E-state index contributed by atoms with van der Waals surface area (Å²) in [7, 11) is 3.07. The molecule has 0 aromatic heterocycles. The topological polar surface area (TPSA) is 176 Å². The SMILES string of the molecule is C=CCOC12Oc3ccc(OC(=O)Nc4ccc(OC)cc4OC)cc3C3C(CCCCO)C(CCCCO)C=C(C(=NOC(C)(C)C)CC1N(Cc1ccc4c(c1)OCO4)C(=O)CCC1CCCC1)C32. The van der Waals surface area contributed by atoms with Crippen LogP contribution < -0.4 is 33.7 Å². The molecule has 2 fully saturated rings. The minimum Gasteiger partial charge on any atom is -0.497 e. The molecule has 0 radical (unpaired) electrons. The van der Waals surface area contributed by atoms with E-state index in [2.05, 4.69) is 18.0 Å². The van der Waals surface area contributed by atoms with E-state index in [9.17, 15) is 15.0 Å². The Morgan fingerprint density at radius 1 is 0.901 bits per heavy atom. The first-order valence-corrected chi connectivity index (χ1v) is 25.5. The molecule has 3 aromatic rings. The highest BCUT2D eigenvalue weighted by molar-refractivity contribution is 6.03. The second-order valence-corrected chi connectivity index (χ2v) is 20.5. The van der Waals surface area contributed by atoms with E-state index in [1.54, 1.807) is 37.5 Å². The smallest absolute Gasteiger partial charge is 0.417 e. The molecule has 0 spiro atoms. The minimum atomic E-state index is -1.48. The summed E-state index contributed by atoms with van der Waals surface area (Å²) in [4.78, 5) is 37.4. The van der Waals surface area contributed by atoms with Gasteiger partial charge in [-0.3, -0.25) is 10.1 Å². The molecule has 3 aliphatic carbocycles. The molecular formula is C56H73N3O12. The third kappa shape index (κ3) is 11.8. The summed E-state index contributed by atoms with van der Waals surface area (Å²) in [6.45, 7) is 10.6. The molecule has 6 unspecified atom stereocenters. The van der Waals surface area contributed by atoms with Crippen molar-refractivity contribution in [3.05, 3.63) is 90.0 Å². The number of hydrogen-bond acceptors (Lipinski definition) is 13. The molecule has 3 aromatic carbocycles. The number of anilines is 1. The van der Waals surface area contributed by atoms with Gasteiger partial charge in [0.2, 0.25) is 18.5 Å². The second kappa shape index (κ2) is 23.2. The molecule has 3 N–H and O–H groups in total. The number of nitrogens with zero attached hydrogens (tertiary/aromatic N) is 2. The van der Waals surface area contributed by atoms with Crippen molar-refractivity contribution in [1.29, 1.82) is 0 Å². The molecule has 2 amide bonds. The highest BCUT2D eigenvalue weighted by Gasteiger charge is 2.65.